The van der Waals surface area contributed by atoms with Gasteiger partial charge >= 0.3 is 8.80 Å². The number of ether oxygens (including phenoxy) is 1. The normalized spacial score (nSPS) is 11.4. The van der Waals surface area contributed by atoms with Crippen molar-refractivity contribution < 1.29 is 18.0 Å². The van der Waals surface area contributed by atoms with Crippen molar-refractivity contribution in [1.29, 1.82) is 0 Å². The summed E-state index contributed by atoms with van der Waals surface area (Å²) in [4.78, 5) is 0. The number of hydrogen-bond acceptors (Lipinski definition) is 4. The molecule has 0 aliphatic heterocycles. The summed E-state index contributed by atoms with van der Waals surface area (Å²) >= 11 is 0. The molecule has 0 fully saturated rings. The first-order valence-corrected chi connectivity index (χ1v) is 6.82. The SMILES string of the molecule is C=COC[Si](OCC)(OCC)OCC. The van der Waals surface area contributed by atoms with Crippen molar-refractivity contribution in [2.45, 2.75) is 20.8 Å². The van der Waals surface area contributed by atoms with Crippen LogP contribution in [0.4, 0.5) is 0 Å². The van der Waals surface area contributed by atoms with Crippen molar-refractivity contribution in [1.82, 2.24) is 0 Å². The largest absolute Gasteiger partial charge is 0.540 e. The molecule has 0 unspecified atom stereocenters. The lowest BCUT2D eigenvalue weighted by atomic mass is 10.9. The lowest BCUT2D eigenvalue weighted by molar-refractivity contribution is 0.0475. The van der Waals surface area contributed by atoms with Gasteiger partial charge in [-0.25, -0.2) is 0 Å². The Morgan fingerprint density at radius 1 is 1.00 bits per heavy atom. The minimum Gasteiger partial charge on any atom is -0.497 e. The average Bonchev–Trinajstić information content (AvgIpc) is 2.16. The van der Waals surface area contributed by atoms with Crippen LogP contribution in [0.5, 0.6) is 0 Å². The van der Waals surface area contributed by atoms with Gasteiger partial charge in [0.2, 0.25) is 0 Å². The second-order valence-corrected chi connectivity index (χ2v) is 4.98. The van der Waals surface area contributed by atoms with Crippen LogP contribution in [-0.4, -0.2) is 34.9 Å². The molecule has 0 rings (SSSR count). The molecule has 0 aromatic heterocycles. The van der Waals surface area contributed by atoms with Crippen LogP contribution in [-0.2, 0) is 18.0 Å². The fourth-order valence-corrected chi connectivity index (χ4v) is 3.21. The van der Waals surface area contributed by atoms with Gasteiger partial charge in [-0.2, -0.15) is 0 Å². The molecule has 4 nitrogen and oxygen atoms in total. The van der Waals surface area contributed by atoms with Crippen molar-refractivity contribution in [3.63, 3.8) is 0 Å². The molecule has 0 spiro atoms. The van der Waals surface area contributed by atoms with E-state index in [1.807, 2.05) is 20.8 Å². The Morgan fingerprint density at radius 3 is 1.71 bits per heavy atom. The summed E-state index contributed by atoms with van der Waals surface area (Å²) in [5.41, 5.74) is 0. The van der Waals surface area contributed by atoms with E-state index in [1.165, 1.54) is 6.26 Å². The lowest BCUT2D eigenvalue weighted by Crippen LogP contribution is -2.50. The summed E-state index contributed by atoms with van der Waals surface area (Å²) in [6.07, 6.45) is 1.70. The smallest absolute Gasteiger partial charge is 0.497 e. The van der Waals surface area contributed by atoms with Gasteiger partial charge in [-0.05, 0) is 20.8 Å². The van der Waals surface area contributed by atoms with Crippen LogP contribution in [0.15, 0.2) is 12.8 Å². The van der Waals surface area contributed by atoms with E-state index in [1.54, 1.807) is 0 Å². The van der Waals surface area contributed by atoms with Crippen LogP contribution in [0.1, 0.15) is 20.8 Å². The molecule has 0 aliphatic rings. The Hall–Kier alpha value is -0.363. The van der Waals surface area contributed by atoms with Crippen LogP contribution in [0.25, 0.3) is 0 Å². The molecule has 0 aliphatic carbocycles. The highest BCUT2D eigenvalue weighted by Crippen LogP contribution is 2.10. The lowest BCUT2D eigenvalue weighted by Gasteiger charge is -2.27. The van der Waals surface area contributed by atoms with Gasteiger partial charge in [-0.15, -0.1) is 0 Å². The molecule has 0 N–H and O–H groups in total. The third-order valence-electron chi connectivity index (χ3n) is 1.47. The maximum absolute atomic E-state index is 5.53. The molecule has 0 saturated heterocycles. The monoisotopic (exact) mass is 220 g/mol. The van der Waals surface area contributed by atoms with E-state index in [-0.39, 0.29) is 0 Å². The molecular formula is C9H20O4Si. The molecule has 0 bridgehead atoms. The van der Waals surface area contributed by atoms with Gasteiger partial charge in [0.25, 0.3) is 0 Å². The first kappa shape index (κ1) is 13.6. The van der Waals surface area contributed by atoms with E-state index < -0.39 is 8.80 Å². The highest BCUT2D eigenvalue weighted by atomic mass is 28.4. The maximum Gasteiger partial charge on any atom is 0.540 e. The molecule has 5 heteroatoms. The zero-order valence-electron chi connectivity index (χ0n) is 9.25. The highest BCUT2D eigenvalue weighted by Gasteiger charge is 2.41. The first-order chi connectivity index (χ1) is 6.74. The minimum atomic E-state index is -2.61. The van der Waals surface area contributed by atoms with Crippen molar-refractivity contribution in [3.8, 4) is 0 Å². The summed E-state index contributed by atoms with van der Waals surface area (Å²) in [7, 11) is -2.61. The summed E-state index contributed by atoms with van der Waals surface area (Å²) in [6, 6.07) is 0. The van der Waals surface area contributed by atoms with E-state index >= 15 is 0 Å². The second kappa shape index (κ2) is 7.99. The molecule has 84 valence electrons. The molecular weight excluding hydrogens is 200 g/mol. The summed E-state index contributed by atoms with van der Waals surface area (Å²) < 4.78 is 21.7. The van der Waals surface area contributed by atoms with Crippen molar-refractivity contribution in [3.05, 3.63) is 12.8 Å². The van der Waals surface area contributed by atoms with Crippen LogP contribution < -0.4 is 0 Å². The predicted molar refractivity (Wildman–Crippen MR) is 56.8 cm³/mol. The quantitative estimate of drug-likeness (QED) is 0.438. The van der Waals surface area contributed by atoms with Crippen LogP contribution >= 0.6 is 0 Å². The van der Waals surface area contributed by atoms with Gasteiger partial charge in [0.05, 0.1) is 6.26 Å². The Kier molecular flexibility index (Phi) is 7.78. The van der Waals surface area contributed by atoms with Gasteiger partial charge in [-0.3, -0.25) is 0 Å². The van der Waals surface area contributed by atoms with E-state index in [0.29, 0.717) is 26.1 Å². The summed E-state index contributed by atoms with van der Waals surface area (Å²) in [5, 5.41) is 0. The Balaban J connectivity index is 4.28. The summed E-state index contributed by atoms with van der Waals surface area (Å²) in [6.45, 7) is 10.9. The third kappa shape index (κ3) is 4.76. The van der Waals surface area contributed by atoms with Crippen molar-refractivity contribution in [2.75, 3.05) is 26.1 Å². The standard InChI is InChI=1S/C9H20O4Si/c1-5-10-9-14(11-6-2,12-7-3)13-8-4/h5H,1,6-9H2,2-4H3. The predicted octanol–water partition coefficient (Wildman–Crippen LogP) is 1.73. The van der Waals surface area contributed by atoms with Gasteiger partial charge < -0.3 is 18.0 Å². The van der Waals surface area contributed by atoms with Crippen LogP contribution in [0.2, 0.25) is 0 Å². The Bertz CT molecular complexity index is 135. The average molecular weight is 220 g/mol. The Labute approximate surface area is 87.2 Å². The Morgan fingerprint density at radius 2 is 1.43 bits per heavy atom. The number of rotatable bonds is 9. The summed E-state index contributed by atoms with van der Waals surface area (Å²) in [5.74, 6) is 0. The second-order valence-electron chi connectivity index (χ2n) is 2.46. The van der Waals surface area contributed by atoms with Gasteiger partial charge in [0.1, 0.15) is 0 Å². The van der Waals surface area contributed by atoms with E-state index in [4.69, 9.17) is 18.0 Å². The third-order valence-corrected chi connectivity index (χ3v) is 4.18. The maximum atomic E-state index is 5.53. The molecule has 0 saturated carbocycles. The molecule has 0 atom stereocenters. The topological polar surface area (TPSA) is 36.9 Å². The fourth-order valence-electron chi connectivity index (χ4n) is 1.07. The van der Waals surface area contributed by atoms with Crippen molar-refractivity contribution >= 4 is 8.80 Å². The zero-order valence-corrected chi connectivity index (χ0v) is 10.2. The van der Waals surface area contributed by atoms with E-state index in [9.17, 15) is 0 Å². The van der Waals surface area contributed by atoms with Gasteiger partial charge in [0, 0.05) is 19.8 Å². The first-order valence-electron chi connectivity index (χ1n) is 4.89. The van der Waals surface area contributed by atoms with E-state index in [0.717, 1.165) is 0 Å². The van der Waals surface area contributed by atoms with Crippen LogP contribution in [0.3, 0.4) is 0 Å². The molecule has 14 heavy (non-hydrogen) atoms. The minimum absolute atomic E-state index is 0.325. The van der Waals surface area contributed by atoms with Gasteiger partial charge in [0.15, 0.2) is 6.23 Å². The van der Waals surface area contributed by atoms with Crippen LogP contribution in [0, 0.1) is 0 Å². The fraction of sp³-hybridized carbons (Fsp3) is 0.778. The molecule has 0 amide bonds. The molecule has 0 aromatic carbocycles. The molecule has 0 radical (unpaired) electrons. The highest BCUT2D eigenvalue weighted by molar-refractivity contribution is 6.60. The molecule has 0 heterocycles. The number of hydrogen-bond donors (Lipinski definition) is 0. The van der Waals surface area contributed by atoms with E-state index in [2.05, 4.69) is 6.58 Å². The molecule has 0 aromatic rings. The van der Waals surface area contributed by atoms with Gasteiger partial charge in [-0.1, -0.05) is 6.58 Å². The van der Waals surface area contributed by atoms with Crippen molar-refractivity contribution in [2.24, 2.45) is 0 Å². The zero-order chi connectivity index (χ0) is 10.9.